The molecule has 1 aliphatic rings. The molecule has 1 heterocycles. The van der Waals surface area contributed by atoms with E-state index in [0.29, 0.717) is 17.8 Å². The molecule has 0 amide bonds. The van der Waals surface area contributed by atoms with Crippen LogP contribution in [-0.4, -0.2) is 39.2 Å². The van der Waals surface area contributed by atoms with Gasteiger partial charge in [0.2, 0.25) is 0 Å². The first-order valence-corrected chi connectivity index (χ1v) is 8.51. The fourth-order valence-corrected chi connectivity index (χ4v) is 2.80. The SMILES string of the molecule is COc1cccc(N2CCC(CN=C(N)NCCC(C)C)C2)c1.I. The average molecular weight is 446 g/mol. The lowest BCUT2D eigenvalue weighted by atomic mass is 10.1. The Balaban J connectivity index is 0.00000288. The van der Waals surface area contributed by atoms with E-state index in [1.54, 1.807) is 7.11 Å². The Hall–Kier alpha value is -1.18. The van der Waals surface area contributed by atoms with Crippen molar-refractivity contribution in [3.05, 3.63) is 24.3 Å². The Bertz CT molecular complexity index is 521. The molecule has 0 aromatic heterocycles. The van der Waals surface area contributed by atoms with E-state index in [9.17, 15) is 0 Å². The Morgan fingerprint density at radius 2 is 2.25 bits per heavy atom. The normalized spacial score (nSPS) is 17.8. The predicted molar refractivity (Wildman–Crippen MR) is 113 cm³/mol. The number of nitrogens with two attached hydrogens (primary N) is 1. The quantitative estimate of drug-likeness (QED) is 0.384. The van der Waals surface area contributed by atoms with E-state index >= 15 is 0 Å². The highest BCUT2D eigenvalue weighted by Gasteiger charge is 2.22. The van der Waals surface area contributed by atoms with Crippen molar-refractivity contribution in [1.29, 1.82) is 0 Å². The molecular formula is C18H31IN4O. The summed E-state index contributed by atoms with van der Waals surface area (Å²) < 4.78 is 5.30. The molecule has 5 nitrogen and oxygen atoms in total. The van der Waals surface area contributed by atoms with Crippen molar-refractivity contribution in [2.75, 3.05) is 38.2 Å². The zero-order chi connectivity index (χ0) is 16.7. The van der Waals surface area contributed by atoms with Gasteiger partial charge in [-0.15, -0.1) is 24.0 Å². The van der Waals surface area contributed by atoms with Crippen LogP contribution in [-0.2, 0) is 0 Å². The van der Waals surface area contributed by atoms with Crippen molar-refractivity contribution < 1.29 is 4.74 Å². The standard InChI is InChI=1S/C18H30N4O.HI/c1-14(2)7-9-20-18(19)21-12-15-8-10-22(13-15)16-5-4-6-17(11-16)23-3;/h4-6,11,14-15H,7-10,12-13H2,1-3H3,(H3,19,20,21);1H. The molecule has 136 valence electrons. The van der Waals surface area contributed by atoms with Crippen LogP contribution in [0.5, 0.6) is 5.75 Å². The first-order chi connectivity index (χ1) is 11.1. The van der Waals surface area contributed by atoms with Crippen molar-refractivity contribution in [1.82, 2.24) is 5.32 Å². The number of halogens is 1. The molecule has 24 heavy (non-hydrogen) atoms. The summed E-state index contributed by atoms with van der Waals surface area (Å²) in [4.78, 5) is 6.89. The van der Waals surface area contributed by atoms with Gasteiger partial charge in [-0.05, 0) is 36.8 Å². The minimum absolute atomic E-state index is 0. The van der Waals surface area contributed by atoms with Crippen molar-refractivity contribution in [3.8, 4) is 5.75 Å². The number of anilines is 1. The highest BCUT2D eigenvalue weighted by atomic mass is 127. The summed E-state index contributed by atoms with van der Waals surface area (Å²) in [5, 5.41) is 3.19. The first kappa shape index (κ1) is 20.9. The van der Waals surface area contributed by atoms with Crippen LogP contribution in [0.15, 0.2) is 29.3 Å². The topological polar surface area (TPSA) is 62.9 Å². The monoisotopic (exact) mass is 446 g/mol. The summed E-state index contributed by atoms with van der Waals surface area (Å²) in [6.45, 7) is 8.19. The Morgan fingerprint density at radius 1 is 1.46 bits per heavy atom. The van der Waals surface area contributed by atoms with Crippen LogP contribution in [0.3, 0.4) is 0 Å². The van der Waals surface area contributed by atoms with Crippen LogP contribution in [0.2, 0.25) is 0 Å². The summed E-state index contributed by atoms with van der Waals surface area (Å²) in [6.07, 6.45) is 2.27. The number of ether oxygens (including phenoxy) is 1. The molecule has 1 fully saturated rings. The highest BCUT2D eigenvalue weighted by molar-refractivity contribution is 14.0. The van der Waals surface area contributed by atoms with Gasteiger partial charge >= 0.3 is 0 Å². The molecule has 3 N–H and O–H groups in total. The maximum Gasteiger partial charge on any atom is 0.188 e. The predicted octanol–water partition coefficient (Wildman–Crippen LogP) is 3.09. The molecule has 0 spiro atoms. The van der Waals surface area contributed by atoms with Crippen molar-refractivity contribution in [2.45, 2.75) is 26.7 Å². The third-order valence-electron chi connectivity index (χ3n) is 4.25. The van der Waals surface area contributed by atoms with Crippen LogP contribution in [0.25, 0.3) is 0 Å². The number of hydrogen-bond acceptors (Lipinski definition) is 3. The van der Waals surface area contributed by atoms with Crippen molar-refractivity contribution in [2.24, 2.45) is 22.6 Å². The lowest BCUT2D eigenvalue weighted by molar-refractivity contribution is 0.415. The Morgan fingerprint density at radius 3 is 2.96 bits per heavy atom. The van der Waals surface area contributed by atoms with Gasteiger partial charge in [0.05, 0.1) is 7.11 Å². The third kappa shape index (κ3) is 6.75. The number of nitrogens with one attached hydrogen (secondary N) is 1. The maximum atomic E-state index is 5.93. The number of aliphatic imine (C=N–C) groups is 1. The summed E-state index contributed by atoms with van der Waals surface area (Å²) >= 11 is 0. The van der Waals surface area contributed by atoms with Gasteiger partial charge in [-0.25, -0.2) is 0 Å². The van der Waals surface area contributed by atoms with Gasteiger partial charge in [0.15, 0.2) is 5.96 Å². The minimum Gasteiger partial charge on any atom is -0.497 e. The largest absolute Gasteiger partial charge is 0.497 e. The number of nitrogens with zero attached hydrogens (tertiary/aromatic N) is 2. The maximum absolute atomic E-state index is 5.93. The lowest BCUT2D eigenvalue weighted by Gasteiger charge is -2.19. The summed E-state index contributed by atoms with van der Waals surface area (Å²) in [5.41, 5.74) is 7.15. The van der Waals surface area contributed by atoms with E-state index < -0.39 is 0 Å². The van der Waals surface area contributed by atoms with Crippen LogP contribution < -0.4 is 20.7 Å². The van der Waals surface area contributed by atoms with Crippen LogP contribution in [0.1, 0.15) is 26.7 Å². The molecule has 0 aliphatic carbocycles. The van der Waals surface area contributed by atoms with E-state index in [2.05, 4.69) is 41.2 Å². The second kappa shape index (κ2) is 10.6. The number of guanidine groups is 1. The smallest absolute Gasteiger partial charge is 0.188 e. The van der Waals surface area contributed by atoms with E-state index in [1.807, 2.05) is 12.1 Å². The van der Waals surface area contributed by atoms with E-state index in [1.165, 1.54) is 5.69 Å². The van der Waals surface area contributed by atoms with Crippen molar-refractivity contribution in [3.63, 3.8) is 0 Å². The Labute approximate surface area is 163 Å². The van der Waals surface area contributed by atoms with E-state index in [0.717, 1.165) is 44.8 Å². The molecule has 6 heteroatoms. The Kier molecular flexibility index (Phi) is 9.25. The number of rotatable bonds is 7. The van der Waals surface area contributed by atoms with Gasteiger partial charge < -0.3 is 20.7 Å². The summed E-state index contributed by atoms with van der Waals surface area (Å²) in [5.74, 6) is 2.72. The fraction of sp³-hybridized carbons (Fsp3) is 0.611. The zero-order valence-electron chi connectivity index (χ0n) is 15.0. The molecule has 1 aromatic rings. The molecule has 0 saturated carbocycles. The first-order valence-electron chi connectivity index (χ1n) is 8.51. The van der Waals surface area contributed by atoms with Crippen LogP contribution in [0, 0.1) is 11.8 Å². The van der Waals surface area contributed by atoms with Gasteiger partial charge in [-0.1, -0.05) is 19.9 Å². The van der Waals surface area contributed by atoms with E-state index in [4.69, 9.17) is 10.5 Å². The number of hydrogen-bond donors (Lipinski definition) is 2. The minimum atomic E-state index is 0. The van der Waals surface area contributed by atoms with Gasteiger partial charge in [0.1, 0.15) is 5.75 Å². The van der Waals surface area contributed by atoms with Gasteiger partial charge in [-0.3, -0.25) is 4.99 Å². The molecule has 1 unspecified atom stereocenters. The van der Waals surface area contributed by atoms with Crippen LogP contribution >= 0.6 is 24.0 Å². The molecule has 0 bridgehead atoms. The van der Waals surface area contributed by atoms with Crippen molar-refractivity contribution >= 4 is 35.6 Å². The molecule has 0 radical (unpaired) electrons. The van der Waals surface area contributed by atoms with Gasteiger partial charge in [0.25, 0.3) is 0 Å². The third-order valence-corrected chi connectivity index (χ3v) is 4.25. The zero-order valence-corrected chi connectivity index (χ0v) is 17.3. The second-order valence-electron chi connectivity index (χ2n) is 6.64. The summed E-state index contributed by atoms with van der Waals surface area (Å²) in [7, 11) is 1.70. The molecule has 1 aromatic carbocycles. The number of methoxy groups -OCH3 is 1. The molecule has 1 aliphatic heterocycles. The molecule has 1 atom stereocenters. The lowest BCUT2D eigenvalue weighted by Crippen LogP contribution is -2.33. The average Bonchev–Trinajstić information content (AvgIpc) is 3.01. The molecule has 2 rings (SSSR count). The summed E-state index contributed by atoms with van der Waals surface area (Å²) in [6, 6.07) is 8.24. The molecule has 1 saturated heterocycles. The second-order valence-corrected chi connectivity index (χ2v) is 6.64. The van der Waals surface area contributed by atoms with Crippen LogP contribution in [0.4, 0.5) is 5.69 Å². The fourth-order valence-electron chi connectivity index (χ4n) is 2.80. The number of benzene rings is 1. The van der Waals surface area contributed by atoms with Gasteiger partial charge in [0, 0.05) is 37.9 Å². The highest BCUT2D eigenvalue weighted by Crippen LogP contribution is 2.26. The molecular weight excluding hydrogens is 415 g/mol. The van der Waals surface area contributed by atoms with E-state index in [-0.39, 0.29) is 24.0 Å². The van der Waals surface area contributed by atoms with Gasteiger partial charge in [-0.2, -0.15) is 0 Å².